The molecular weight excluding hydrogens is 324 g/mol. The Hall–Kier alpha value is -0.750. The molecule has 2 N–H and O–H groups in total. The number of hydrogen-bond donors (Lipinski definition) is 2. The van der Waals surface area contributed by atoms with Crippen molar-refractivity contribution in [3.63, 3.8) is 0 Å². The fourth-order valence-electron chi connectivity index (χ4n) is 2.76. The maximum atomic E-state index is 4.81. The molecule has 0 saturated heterocycles. The number of guanidine groups is 1. The van der Waals surface area contributed by atoms with Gasteiger partial charge >= 0.3 is 0 Å². The van der Waals surface area contributed by atoms with Gasteiger partial charge in [-0.15, -0.1) is 11.3 Å². The largest absolute Gasteiger partial charge is 0.356 e. The second-order valence-corrected chi connectivity index (χ2v) is 8.07. The zero-order valence-corrected chi connectivity index (χ0v) is 16.1. The number of unbranched alkanes of at least 4 members (excludes halogenated alkanes) is 1. The Morgan fingerprint density at radius 2 is 1.96 bits per heavy atom. The SMILES string of the molecule is CN=C(NCCCCSC)NCCCc1nc2c(s1)CCCC2. The van der Waals surface area contributed by atoms with Crippen molar-refractivity contribution in [3.8, 4) is 0 Å². The van der Waals surface area contributed by atoms with Crippen LogP contribution >= 0.6 is 23.1 Å². The van der Waals surface area contributed by atoms with Crippen molar-refractivity contribution >= 4 is 29.1 Å². The van der Waals surface area contributed by atoms with Gasteiger partial charge in [0.1, 0.15) is 0 Å². The van der Waals surface area contributed by atoms with Crippen LogP contribution in [0.4, 0.5) is 0 Å². The summed E-state index contributed by atoms with van der Waals surface area (Å²) in [5.74, 6) is 2.17. The number of aryl methyl sites for hydroxylation is 3. The Kier molecular flexibility index (Phi) is 8.82. The summed E-state index contributed by atoms with van der Waals surface area (Å²) in [4.78, 5) is 10.6. The van der Waals surface area contributed by atoms with Crippen molar-refractivity contribution in [1.29, 1.82) is 0 Å². The van der Waals surface area contributed by atoms with Gasteiger partial charge < -0.3 is 10.6 Å². The second-order valence-electron chi connectivity index (χ2n) is 5.91. The molecule has 4 nitrogen and oxygen atoms in total. The molecule has 0 radical (unpaired) electrons. The Morgan fingerprint density at radius 3 is 2.70 bits per heavy atom. The molecule has 2 rings (SSSR count). The first kappa shape index (κ1) is 18.6. The van der Waals surface area contributed by atoms with E-state index in [0.29, 0.717) is 0 Å². The molecule has 0 aliphatic heterocycles. The van der Waals surface area contributed by atoms with E-state index in [2.05, 4.69) is 21.9 Å². The third-order valence-electron chi connectivity index (χ3n) is 4.04. The second kappa shape index (κ2) is 10.9. The van der Waals surface area contributed by atoms with Crippen molar-refractivity contribution in [1.82, 2.24) is 15.6 Å². The molecule has 0 bridgehead atoms. The van der Waals surface area contributed by atoms with Crippen LogP contribution < -0.4 is 10.6 Å². The van der Waals surface area contributed by atoms with Gasteiger partial charge in [0.05, 0.1) is 10.7 Å². The van der Waals surface area contributed by atoms with Gasteiger partial charge in [-0.1, -0.05) is 0 Å². The maximum Gasteiger partial charge on any atom is 0.190 e. The van der Waals surface area contributed by atoms with E-state index in [0.717, 1.165) is 31.9 Å². The van der Waals surface area contributed by atoms with Crippen LogP contribution in [-0.2, 0) is 19.3 Å². The molecule has 1 aliphatic carbocycles. The fraction of sp³-hybridized carbons (Fsp3) is 0.765. The first-order valence-corrected chi connectivity index (χ1v) is 11.0. The van der Waals surface area contributed by atoms with Crippen LogP contribution in [0.25, 0.3) is 0 Å². The number of rotatable bonds is 9. The van der Waals surface area contributed by atoms with Crippen molar-refractivity contribution < 1.29 is 0 Å². The zero-order valence-electron chi connectivity index (χ0n) is 14.5. The molecule has 0 aromatic carbocycles. The first-order valence-electron chi connectivity index (χ1n) is 8.74. The Balaban J connectivity index is 1.59. The van der Waals surface area contributed by atoms with Crippen LogP contribution in [0, 0.1) is 0 Å². The summed E-state index contributed by atoms with van der Waals surface area (Å²) >= 11 is 3.85. The molecule has 0 atom stereocenters. The summed E-state index contributed by atoms with van der Waals surface area (Å²) in [5.41, 5.74) is 1.38. The average Bonchev–Trinajstić information content (AvgIpc) is 2.99. The van der Waals surface area contributed by atoms with Gasteiger partial charge in [-0.05, 0) is 57.0 Å². The highest BCUT2D eigenvalue weighted by Gasteiger charge is 2.14. The molecular formula is C17H30N4S2. The smallest absolute Gasteiger partial charge is 0.190 e. The summed E-state index contributed by atoms with van der Waals surface area (Å²) in [6, 6.07) is 0. The van der Waals surface area contributed by atoms with Crippen LogP contribution in [0.3, 0.4) is 0 Å². The highest BCUT2D eigenvalue weighted by Crippen LogP contribution is 2.27. The highest BCUT2D eigenvalue weighted by atomic mass is 32.2. The fourth-order valence-corrected chi connectivity index (χ4v) is 4.45. The van der Waals surface area contributed by atoms with Crippen molar-refractivity contribution in [2.45, 2.75) is 51.4 Å². The van der Waals surface area contributed by atoms with Gasteiger partial charge in [0.25, 0.3) is 0 Å². The van der Waals surface area contributed by atoms with E-state index in [4.69, 9.17) is 4.98 Å². The van der Waals surface area contributed by atoms with Crippen LogP contribution in [0.15, 0.2) is 4.99 Å². The molecule has 0 saturated carbocycles. The summed E-state index contributed by atoms with van der Waals surface area (Å²) < 4.78 is 0. The molecule has 0 unspecified atom stereocenters. The monoisotopic (exact) mass is 354 g/mol. The quantitative estimate of drug-likeness (QED) is 0.406. The lowest BCUT2D eigenvalue weighted by molar-refractivity contribution is 0.677. The molecule has 0 spiro atoms. The summed E-state index contributed by atoms with van der Waals surface area (Å²) in [6.07, 6.45) is 11.9. The predicted octanol–water partition coefficient (Wildman–Crippen LogP) is 3.26. The molecule has 0 amide bonds. The number of fused-ring (bicyclic) bond motifs is 1. The molecule has 1 heterocycles. The molecule has 130 valence electrons. The van der Waals surface area contributed by atoms with Crippen LogP contribution in [0.5, 0.6) is 0 Å². The van der Waals surface area contributed by atoms with Gasteiger partial charge in [-0.2, -0.15) is 11.8 Å². The Morgan fingerprint density at radius 1 is 1.17 bits per heavy atom. The minimum atomic E-state index is 0.924. The van der Waals surface area contributed by atoms with E-state index in [9.17, 15) is 0 Å². The van der Waals surface area contributed by atoms with E-state index in [1.807, 2.05) is 30.1 Å². The number of nitrogens with zero attached hydrogens (tertiary/aromatic N) is 2. The number of thioether (sulfide) groups is 1. The number of thiazole rings is 1. The summed E-state index contributed by atoms with van der Waals surface area (Å²) in [6.45, 7) is 1.95. The number of aromatic nitrogens is 1. The number of hydrogen-bond acceptors (Lipinski definition) is 4. The lowest BCUT2D eigenvalue weighted by atomic mass is 10.0. The molecule has 0 fully saturated rings. The summed E-state index contributed by atoms with van der Waals surface area (Å²) in [7, 11) is 1.84. The van der Waals surface area contributed by atoms with Crippen molar-refractivity contribution in [2.75, 3.05) is 32.1 Å². The average molecular weight is 355 g/mol. The van der Waals surface area contributed by atoms with E-state index in [1.54, 1.807) is 4.88 Å². The van der Waals surface area contributed by atoms with Gasteiger partial charge in [0.2, 0.25) is 0 Å². The molecule has 6 heteroatoms. The molecule has 1 aliphatic rings. The van der Waals surface area contributed by atoms with E-state index in [-0.39, 0.29) is 0 Å². The van der Waals surface area contributed by atoms with E-state index in [1.165, 1.54) is 55.0 Å². The van der Waals surface area contributed by atoms with Gasteiger partial charge in [-0.3, -0.25) is 4.99 Å². The molecule has 1 aromatic rings. The summed E-state index contributed by atoms with van der Waals surface area (Å²) in [5, 5.41) is 8.10. The minimum absolute atomic E-state index is 0.924. The highest BCUT2D eigenvalue weighted by molar-refractivity contribution is 7.98. The standard InChI is InChI=1S/C17H30N4S2/c1-18-17(19-11-5-6-13-22-2)20-12-7-10-16-21-14-8-3-4-9-15(14)23-16/h3-13H2,1-2H3,(H2,18,19,20). The van der Waals surface area contributed by atoms with Crippen LogP contribution in [-0.4, -0.2) is 43.1 Å². The predicted molar refractivity (Wildman–Crippen MR) is 104 cm³/mol. The third-order valence-corrected chi connectivity index (χ3v) is 5.96. The number of aliphatic imine (C=N–C) groups is 1. The van der Waals surface area contributed by atoms with Gasteiger partial charge in [0.15, 0.2) is 5.96 Å². The Labute approximate surface area is 149 Å². The van der Waals surface area contributed by atoms with E-state index < -0.39 is 0 Å². The lowest BCUT2D eigenvalue weighted by Crippen LogP contribution is -2.38. The number of nitrogens with one attached hydrogen (secondary N) is 2. The third kappa shape index (κ3) is 6.71. The zero-order chi connectivity index (χ0) is 16.3. The van der Waals surface area contributed by atoms with Crippen LogP contribution in [0.2, 0.25) is 0 Å². The Bertz CT molecular complexity index is 461. The molecule has 23 heavy (non-hydrogen) atoms. The van der Waals surface area contributed by atoms with Crippen molar-refractivity contribution in [3.05, 3.63) is 15.6 Å². The lowest BCUT2D eigenvalue weighted by Gasteiger charge is -2.11. The van der Waals surface area contributed by atoms with Crippen molar-refractivity contribution in [2.24, 2.45) is 4.99 Å². The normalized spacial score (nSPS) is 14.6. The first-order chi connectivity index (χ1) is 11.3. The van der Waals surface area contributed by atoms with Crippen LogP contribution in [0.1, 0.15) is 47.7 Å². The van der Waals surface area contributed by atoms with Gasteiger partial charge in [0, 0.05) is 31.4 Å². The molecule has 1 aromatic heterocycles. The minimum Gasteiger partial charge on any atom is -0.356 e. The van der Waals surface area contributed by atoms with E-state index >= 15 is 0 Å². The van der Waals surface area contributed by atoms with Gasteiger partial charge in [-0.25, -0.2) is 4.98 Å². The maximum absolute atomic E-state index is 4.81. The topological polar surface area (TPSA) is 49.3 Å².